The summed E-state index contributed by atoms with van der Waals surface area (Å²) >= 11 is 0. The number of carbonyl (C=O) groups excluding carboxylic acids is 1. The van der Waals surface area contributed by atoms with Gasteiger partial charge in [-0.3, -0.25) is 9.59 Å². The molecule has 2 aliphatic rings. The van der Waals surface area contributed by atoms with Gasteiger partial charge in [0.15, 0.2) is 0 Å². The number of amides is 1. The van der Waals surface area contributed by atoms with Crippen molar-refractivity contribution >= 4 is 5.91 Å². The molecule has 2 bridgehead atoms. The molecule has 6 nitrogen and oxygen atoms in total. The normalized spacial score (nSPS) is 19.1. The van der Waals surface area contributed by atoms with E-state index in [2.05, 4.69) is 6.07 Å². The molecule has 5 rings (SSSR count). The third-order valence-corrected chi connectivity index (χ3v) is 6.52. The first-order valence-electron chi connectivity index (χ1n) is 10.7. The van der Waals surface area contributed by atoms with E-state index >= 15 is 0 Å². The number of hydrogen-bond donors (Lipinski definition) is 0. The van der Waals surface area contributed by atoms with E-state index < -0.39 is 0 Å². The lowest BCUT2D eigenvalue weighted by atomic mass is 9.80. The maximum atomic E-state index is 13.2. The molecule has 6 heteroatoms. The third-order valence-electron chi connectivity index (χ3n) is 6.52. The Bertz CT molecular complexity index is 1290. The van der Waals surface area contributed by atoms with Gasteiger partial charge in [0.1, 0.15) is 5.75 Å². The highest BCUT2D eigenvalue weighted by Gasteiger charge is 2.38. The monoisotopic (exact) mass is 425 g/mol. The Labute approximate surface area is 186 Å². The van der Waals surface area contributed by atoms with Crippen molar-refractivity contribution in [2.24, 2.45) is 5.92 Å². The van der Waals surface area contributed by atoms with E-state index in [4.69, 9.17) is 4.74 Å². The van der Waals surface area contributed by atoms with Crippen LogP contribution in [0, 0.1) is 17.2 Å². The number of pyridine rings is 1. The smallest absolute Gasteiger partial charge is 0.253 e. The van der Waals surface area contributed by atoms with Gasteiger partial charge >= 0.3 is 0 Å². The molecule has 1 saturated heterocycles. The van der Waals surface area contributed by atoms with Gasteiger partial charge in [0.05, 0.1) is 18.7 Å². The van der Waals surface area contributed by atoms with Crippen LogP contribution >= 0.6 is 0 Å². The first-order chi connectivity index (χ1) is 15.6. The predicted octanol–water partition coefficient (Wildman–Crippen LogP) is 3.66. The van der Waals surface area contributed by atoms with Crippen molar-refractivity contribution in [3.8, 4) is 22.9 Å². The molecule has 0 spiro atoms. The Morgan fingerprint density at radius 3 is 2.62 bits per heavy atom. The quantitative estimate of drug-likeness (QED) is 0.642. The Morgan fingerprint density at radius 2 is 1.88 bits per heavy atom. The molecular formula is C26H23N3O3. The predicted molar refractivity (Wildman–Crippen MR) is 121 cm³/mol. The summed E-state index contributed by atoms with van der Waals surface area (Å²) < 4.78 is 7.08. The number of benzene rings is 2. The van der Waals surface area contributed by atoms with Crippen molar-refractivity contribution in [3.05, 3.63) is 87.8 Å². The maximum Gasteiger partial charge on any atom is 0.253 e. The van der Waals surface area contributed by atoms with Gasteiger partial charge in [-0.15, -0.1) is 0 Å². The second-order valence-corrected chi connectivity index (χ2v) is 8.51. The average molecular weight is 425 g/mol. The second-order valence-electron chi connectivity index (χ2n) is 8.51. The van der Waals surface area contributed by atoms with Crippen molar-refractivity contribution in [2.75, 3.05) is 20.2 Å². The van der Waals surface area contributed by atoms with Crippen LogP contribution in [0.25, 0.3) is 11.1 Å². The zero-order valence-electron chi connectivity index (χ0n) is 17.8. The summed E-state index contributed by atoms with van der Waals surface area (Å²) in [5.74, 6) is 1.03. The standard InChI is InChI=1S/C26H23N3O3/c1-32-22-7-5-19(6-8-22)26(31)28-14-18-12-21(16-28)25-23(9-10-24(30)29(25)15-18)20-4-2-3-17(11-20)13-27/h2-11,18,21H,12,14-16H2,1H3/t18-,21-/m1/s1. The van der Waals surface area contributed by atoms with Gasteiger partial charge in [-0.25, -0.2) is 0 Å². The third kappa shape index (κ3) is 3.46. The second kappa shape index (κ2) is 8.01. The highest BCUT2D eigenvalue weighted by molar-refractivity contribution is 5.94. The Hall–Kier alpha value is -3.85. The fourth-order valence-electron chi connectivity index (χ4n) is 5.10. The van der Waals surface area contributed by atoms with Crippen LogP contribution < -0.4 is 10.3 Å². The number of carbonyl (C=O) groups is 1. The molecule has 3 aromatic rings. The Kier molecular flexibility index (Phi) is 5.02. The molecule has 0 aliphatic carbocycles. The number of aromatic nitrogens is 1. The zero-order chi connectivity index (χ0) is 22.2. The highest BCUT2D eigenvalue weighted by Crippen LogP contribution is 2.40. The van der Waals surface area contributed by atoms with Crippen LogP contribution in [0.5, 0.6) is 5.75 Å². The summed E-state index contributed by atoms with van der Waals surface area (Å²) in [6.45, 7) is 1.81. The summed E-state index contributed by atoms with van der Waals surface area (Å²) in [6, 6.07) is 20.3. The first kappa shape index (κ1) is 20.1. The molecule has 1 fully saturated rings. The maximum absolute atomic E-state index is 13.2. The number of nitrogens with zero attached hydrogens (tertiary/aromatic N) is 3. The molecule has 0 unspecified atom stereocenters. The van der Waals surface area contributed by atoms with Crippen LogP contribution in [0.1, 0.15) is 34.0 Å². The molecule has 3 heterocycles. The van der Waals surface area contributed by atoms with E-state index in [9.17, 15) is 14.9 Å². The van der Waals surface area contributed by atoms with Crippen molar-refractivity contribution in [2.45, 2.75) is 18.9 Å². The topological polar surface area (TPSA) is 75.3 Å². The van der Waals surface area contributed by atoms with Crippen LogP contribution in [0.15, 0.2) is 65.5 Å². The summed E-state index contributed by atoms with van der Waals surface area (Å²) in [4.78, 5) is 27.9. The SMILES string of the molecule is COc1ccc(C(=O)N2C[C@H]3C[C@H](C2)c2c(-c4cccc(C#N)c4)ccc(=O)n2C3)cc1. The Balaban J connectivity index is 1.51. The van der Waals surface area contributed by atoms with Crippen molar-refractivity contribution in [3.63, 3.8) is 0 Å². The molecule has 0 saturated carbocycles. The van der Waals surface area contributed by atoms with Crippen LogP contribution in [0.4, 0.5) is 0 Å². The highest BCUT2D eigenvalue weighted by atomic mass is 16.5. The Morgan fingerprint density at radius 1 is 1.06 bits per heavy atom. The fourth-order valence-corrected chi connectivity index (χ4v) is 5.10. The molecule has 0 N–H and O–H groups in total. The number of likely N-dealkylation sites (tertiary alicyclic amines) is 1. The number of nitriles is 1. The largest absolute Gasteiger partial charge is 0.497 e. The summed E-state index contributed by atoms with van der Waals surface area (Å²) in [5.41, 5.74) is 4.06. The minimum absolute atomic E-state index is 0.00195. The van der Waals surface area contributed by atoms with Gasteiger partial charge in [-0.2, -0.15) is 5.26 Å². The molecule has 1 aromatic heterocycles. The van der Waals surface area contributed by atoms with E-state index in [0.29, 0.717) is 30.8 Å². The van der Waals surface area contributed by atoms with Gasteiger partial charge < -0.3 is 14.2 Å². The summed E-state index contributed by atoms with van der Waals surface area (Å²) in [5, 5.41) is 9.31. The molecule has 2 aliphatic heterocycles. The van der Waals surface area contributed by atoms with Gasteiger partial charge in [0.2, 0.25) is 0 Å². The first-order valence-corrected chi connectivity index (χ1v) is 10.7. The lowest BCUT2D eigenvalue weighted by molar-refractivity contribution is 0.0595. The molecule has 32 heavy (non-hydrogen) atoms. The summed E-state index contributed by atoms with van der Waals surface area (Å²) in [7, 11) is 1.60. The number of hydrogen-bond acceptors (Lipinski definition) is 4. The summed E-state index contributed by atoms with van der Waals surface area (Å²) in [6.07, 6.45) is 0.945. The molecule has 160 valence electrons. The van der Waals surface area contributed by atoms with Crippen LogP contribution in [-0.2, 0) is 6.54 Å². The molecule has 0 radical (unpaired) electrons. The minimum Gasteiger partial charge on any atom is -0.497 e. The van der Waals surface area contributed by atoms with Crippen LogP contribution in [0.2, 0.25) is 0 Å². The van der Waals surface area contributed by atoms with Crippen molar-refractivity contribution in [1.82, 2.24) is 9.47 Å². The molecule has 2 atom stereocenters. The van der Waals surface area contributed by atoms with Crippen LogP contribution in [0.3, 0.4) is 0 Å². The fraction of sp³-hybridized carbons (Fsp3) is 0.269. The van der Waals surface area contributed by atoms with Crippen LogP contribution in [-0.4, -0.2) is 35.6 Å². The molecule has 2 aromatic carbocycles. The molecular weight excluding hydrogens is 402 g/mol. The number of methoxy groups -OCH3 is 1. The van der Waals surface area contributed by atoms with E-state index in [1.807, 2.05) is 33.7 Å². The van der Waals surface area contributed by atoms with E-state index in [1.54, 1.807) is 43.5 Å². The van der Waals surface area contributed by atoms with Crippen molar-refractivity contribution in [1.29, 1.82) is 5.26 Å². The van der Waals surface area contributed by atoms with Crippen molar-refractivity contribution < 1.29 is 9.53 Å². The zero-order valence-corrected chi connectivity index (χ0v) is 17.8. The van der Waals surface area contributed by atoms with Gasteiger partial charge in [-0.05, 0) is 60.4 Å². The molecule has 1 amide bonds. The number of fused-ring (bicyclic) bond motifs is 4. The van der Waals surface area contributed by atoms with Gasteiger partial charge in [0.25, 0.3) is 11.5 Å². The number of piperidine rings is 1. The number of ether oxygens (including phenoxy) is 1. The van der Waals surface area contributed by atoms with Gasteiger partial charge in [-0.1, -0.05) is 12.1 Å². The minimum atomic E-state index is -0.00943. The van der Waals surface area contributed by atoms with E-state index in [1.165, 1.54) is 0 Å². The van der Waals surface area contributed by atoms with Gasteiger partial charge in [0, 0.05) is 48.4 Å². The van der Waals surface area contributed by atoms with E-state index in [-0.39, 0.29) is 23.3 Å². The lowest BCUT2D eigenvalue weighted by Crippen LogP contribution is -2.49. The number of rotatable bonds is 3. The average Bonchev–Trinajstić information content (AvgIpc) is 2.84. The van der Waals surface area contributed by atoms with E-state index in [0.717, 1.165) is 29.0 Å². The lowest BCUT2D eigenvalue weighted by Gasteiger charge is -2.43.